The topological polar surface area (TPSA) is 30.0 Å². The number of carbonyl (C=O) groups is 1. The normalized spacial score (nSPS) is 9.83. The fourth-order valence-corrected chi connectivity index (χ4v) is 1.08. The number of aromatic nitrogens is 1. The molecule has 0 fully saturated rings. The van der Waals surface area contributed by atoms with Crippen molar-refractivity contribution in [2.24, 2.45) is 0 Å². The predicted octanol–water partition coefficient (Wildman–Crippen LogP) is 1.78. The molecule has 64 valence electrons. The Morgan fingerprint density at radius 2 is 2.08 bits per heavy atom. The predicted molar refractivity (Wildman–Crippen MR) is 48.0 cm³/mol. The van der Waals surface area contributed by atoms with Crippen molar-refractivity contribution in [2.45, 2.75) is 26.7 Å². The second kappa shape index (κ2) is 4.00. The van der Waals surface area contributed by atoms with Crippen molar-refractivity contribution < 1.29 is 4.79 Å². The molecule has 0 aliphatic carbocycles. The van der Waals surface area contributed by atoms with Crippen molar-refractivity contribution in [3.05, 3.63) is 29.6 Å². The molecule has 2 heteroatoms. The highest BCUT2D eigenvalue weighted by Crippen LogP contribution is 2.01. The van der Waals surface area contributed by atoms with E-state index in [0.717, 1.165) is 17.8 Å². The van der Waals surface area contributed by atoms with Crippen molar-refractivity contribution in [1.29, 1.82) is 0 Å². The monoisotopic (exact) mass is 163 g/mol. The lowest BCUT2D eigenvalue weighted by Gasteiger charge is -1.99. The lowest BCUT2D eigenvalue weighted by molar-refractivity contribution is -0.116. The standard InChI is InChI=1S/C10H13NO/c1-3-9-5-4-6-10(11-9)7-8(2)12/h4-6H,3,7H2,1-2H3. The van der Waals surface area contributed by atoms with E-state index in [4.69, 9.17) is 0 Å². The van der Waals surface area contributed by atoms with Gasteiger partial charge in [0.15, 0.2) is 0 Å². The first-order valence-corrected chi connectivity index (χ1v) is 4.16. The van der Waals surface area contributed by atoms with E-state index < -0.39 is 0 Å². The molecule has 0 aliphatic heterocycles. The number of nitrogens with zero attached hydrogens (tertiary/aromatic N) is 1. The van der Waals surface area contributed by atoms with Gasteiger partial charge in [-0.1, -0.05) is 13.0 Å². The Morgan fingerprint density at radius 1 is 1.42 bits per heavy atom. The summed E-state index contributed by atoms with van der Waals surface area (Å²) in [5.41, 5.74) is 1.93. The summed E-state index contributed by atoms with van der Waals surface area (Å²) in [4.78, 5) is 15.1. The van der Waals surface area contributed by atoms with E-state index in [9.17, 15) is 4.79 Å². The van der Waals surface area contributed by atoms with E-state index in [1.54, 1.807) is 6.92 Å². The molecule has 1 aromatic heterocycles. The molecular formula is C10H13NO. The van der Waals surface area contributed by atoms with Crippen LogP contribution in [0, 0.1) is 0 Å². The van der Waals surface area contributed by atoms with Crippen LogP contribution < -0.4 is 0 Å². The number of hydrogen-bond acceptors (Lipinski definition) is 2. The number of aryl methyl sites for hydroxylation is 1. The largest absolute Gasteiger partial charge is 0.300 e. The van der Waals surface area contributed by atoms with Crippen LogP contribution in [0.3, 0.4) is 0 Å². The van der Waals surface area contributed by atoms with Gasteiger partial charge in [-0.25, -0.2) is 0 Å². The van der Waals surface area contributed by atoms with Gasteiger partial charge in [-0.3, -0.25) is 9.78 Å². The summed E-state index contributed by atoms with van der Waals surface area (Å²) in [6.07, 6.45) is 1.37. The minimum atomic E-state index is 0.163. The van der Waals surface area contributed by atoms with Crippen LogP contribution in [0.1, 0.15) is 25.2 Å². The van der Waals surface area contributed by atoms with Gasteiger partial charge in [0, 0.05) is 17.8 Å². The molecule has 0 atom stereocenters. The van der Waals surface area contributed by atoms with Gasteiger partial charge < -0.3 is 0 Å². The molecule has 0 saturated carbocycles. The molecule has 0 spiro atoms. The van der Waals surface area contributed by atoms with Crippen LogP contribution in [0.5, 0.6) is 0 Å². The molecule has 0 aromatic carbocycles. The highest BCUT2D eigenvalue weighted by molar-refractivity contribution is 5.77. The van der Waals surface area contributed by atoms with E-state index in [1.807, 2.05) is 18.2 Å². The lowest BCUT2D eigenvalue weighted by Crippen LogP contribution is -2.00. The van der Waals surface area contributed by atoms with Crippen molar-refractivity contribution >= 4 is 5.78 Å². The summed E-state index contributed by atoms with van der Waals surface area (Å²) in [6, 6.07) is 5.81. The summed E-state index contributed by atoms with van der Waals surface area (Å²) in [7, 11) is 0. The summed E-state index contributed by atoms with van der Waals surface area (Å²) >= 11 is 0. The van der Waals surface area contributed by atoms with E-state index in [2.05, 4.69) is 11.9 Å². The second-order valence-electron chi connectivity index (χ2n) is 2.85. The van der Waals surface area contributed by atoms with Gasteiger partial charge >= 0.3 is 0 Å². The molecule has 1 rings (SSSR count). The van der Waals surface area contributed by atoms with Crippen molar-refractivity contribution in [3.63, 3.8) is 0 Å². The van der Waals surface area contributed by atoms with Crippen molar-refractivity contribution in [1.82, 2.24) is 4.98 Å². The van der Waals surface area contributed by atoms with E-state index >= 15 is 0 Å². The summed E-state index contributed by atoms with van der Waals surface area (Å²) in [5.74, 6) is 0.163. The third-order valence-corrected chi connectivity index (χ3v) is 1.66. The maximum Gasteiger partial charge on any atom is 0.135 e. The summed E-state index contributed by atoms with van der Waals surface area (Å²) in [5, 5.41) is 0. The molecule has 0 saturated heterocycles. The first-order valence-electron chi connectivity index (χ1n) is 4.16. The first kappa shape index (κ1) is 8.91. The zero-order chi connectivity index (χ0) is 8.97. The fraction of sp³-hybridized carbons (Fsp3) is 0.400. The van der Waals surface area contributed by atoms with E-state index in [1.165, 1.54) is 0 Å². The van der Waals surface area contributed by atoms with Gasteiger partial charge in [0.2, 0.25) is 0 Å². The highest BCUT2D eigenvalue weighted by atomic mass is 16.1. The van der Waals surface area contributed by atoms with Gasteiger partial charge in [0.25, 0.3) is 0 Å². The molecule has 2 nitrogen and oxygen atoms in total. The molecule has 0 radical (unpaired) electrons. The van der Waals surface area contributed by atoms with E-state index in [0.29, 0.717) is 6.42 Å². The molecule has 1 aromatic rings. The minimum absolute atomic E-state index is 0.163. The molecule has 0 bridgehead atoms. The maximum atomic E-state index is 10.8. The second-order valence-corrected chi connectivity index (χ2v) is 2.85. The number of carbonyl (C=O) groups excluding carboxylic acids is 1. The van der Waals surface area contributed by atoms with Gasteiger partial charge in [-0.05, 0) is 25.5 Å². The molecule has 12 heavy (non-hydrogen) atoms. The quantitative estimate of drug-likeness (QED) is 0.679. The summed E-state index contributed by atoms with van der Waals surface area (Å²) < 4.78 is 0. The molecule has 0 aliphatic rings. The van der Waals surface area contributed by atoms with Crippen LogP contribution in [-0.2, 0) is 17.6 Å². The zero-order valence-corrected chi connectivity index (χ0v) is 7.50. The molecular weight excluding hydrogens is 150 g/mol. The Kier molecular flexibility index (Phi) is 2.97. The number of Topliss-reactive ketones (excluding diaryl/α,β-unsaturated/α-hetero) is 1. The van der Waals surface area contributed by atoms with Crippen LogP contribution in [-0.4, -0.2) is 10.8 Å². The van der Waals surface area contributed by atoms with E-state index in [-0.39, 0.29) is 5.78 Å². The Morgan fingerprint density at radius 3 is 2.67 bits per heavy atom. The molecule has 1 heterocycles. The van der Waals surface area contributed by atoms with Crippen LogP contribution in [0.4, 0.5) is 0 Å². The molecule has 0 N–H and O–H groups in total. The number of rotatable bonds is 3. The van der Waals surface area contributed by atoms with Gasteiger partial charge in [-0.15, -0.1) is 0 Å². The maximum absolute atomic E-state index is 10.8. The SMILES string of the molecule is CCc1cccc(CC(C)=O)n1. The molecule has 0 unspecified atom stereocenters. The van der Waals surface area contributed by atoms with Crippen LogP contribution in [0.25, 0.3) is 0 Å². The van der Waals surface area contributed by atoms with Crippen LogP contribution in [0.2, 0.25) is 0 Å². The third kappa shape index (κ3) is 2.46. The Labute approximate surface area is 72.6 Å². The summed E-state index contributed by atoms with van der Waals surface area (Å²) in [6.45, 7) is 3.64. The van der Waals surface area contributed by atoms with Crippen molar-refractivity contribution in [3.8, 4) is 0 Å². The van der Waals surface area contributed by atoms with Crippen LogP contribution >= 0.6 is 0 Å². The zero-order valence-electron chi connectivity index (χ0n) is 7.50. The van der Waals surface area contributed by atoms with Gasteiger partial charge in [0.1, 0.15) is 5.78 Å². The number of hydrogen-bond donors (Lipinski definition) is 0. The minimum Gasteiger partial charge on any atom is -0.300 e. The fourth-order valence-electron chi connectivity index (χ4n) is 1.08. The Bertz CT molecular complexity index is 281. The third-order valence-electron chi connectivity index (χ3n) is 1.66. The highest BCUT2D eigenvalue weighted by Gasteiger charge is 1.98. The average Bonchev–Trinajstić information content (AvgIpc) is 2.03. The van der Waals surface area contributed by atoms with Crippen molar-refractivity contribution in [2.75, 3.05) is 0 Å². The average molecular weight is 163 g/mol. The van der Waals surface area contributed by atoms with Crippen LogP contribution in [0.15, 0.2) is 18.2 Å². The Hall–Kier alpha value is -1.18. The smallest absolute Gasteiger partial charge is 0.135 e. The Balaban J connectivity index is 2.79. The number of ketones is 1. The van der Waals surface area contributed by atoms with Gasteiger partial charge in [-0.2, -0.15) is 0 Å². The van der Waals surface area contributed by atoms with Gasteiger partial charge in [0.05, 0.1) is 0 Å². The lowest BCUT2D eigenvalue weighted by atomic mass is 10.2. The number of pyridine rings is 1. The first-order chi connectivity index (χ1) is 5.72. The molecule has 0 amide bonds.